The summed E-state index contributed by atoms with van der Waals surface area (Å²) in [6, 6.07) is 2.06. The molecular formula is C15H33N3. The predicted molar refractivity (Wildman–Crippen MR) is 80.1 cm³/mol. The molecule has 3 unspecified atom stereocenters. The smallest absolute Gasteiger partial charge is 0.0223 e. The van der Waals surface area contributed by atoms with Crippen molar-refractivity contribution in [1.82, 2.24) is 15.1 Å². The van der Waals surface area contributed by atoms with Crippen molar-refractivity contribution in [3.05, 3.63) is 0 Å². The van der Waals surface area contributed by atoms with E-state index in [1.807, 2.05) is 0 Å². The fraction of sp³-hybridized carbons (Fsp3) is 1.00. The summed E-state index contributed by atoms with van der Waals surface area (Å²) in [6.07, 6.45) is 3.84. The van der Waals surface area contributed by atoms with Gasteiger partial charge in [-0.2, -0.15) is 0 Å². The maximum atomic E-state index is 3.54. The minimum Gasteiger partial charge on any atom is -0.314 e. The summed E-state index contributed by atoms with van der Waals surface area (Å²) < 4.78 is 0. The molecule has 1 saturated heterocycles. The first-order valence-electron chi connectivity index (χ1n) is 7.76. The Morgan fingerprint density at radius 2 is 1.94 bits per heavy atom. The molecule has 3 atom stereocenters. The Hall–Kier alpha value is -0.120. The van der Waals surface area contributed by atoms with E-state index in [0.717, 1.165) is 12.6 Å². The molecule has 0 aliphatic carbocycles. The zero-order chi connectivity index (χ0) is 13.5. The van der Waals surface area contributed by atoms with Crippen LogP contribution in [-0.2, 0) is 0 Å². The lowest BCUT2D eigenvalue weighted by molar-refractivity contribution is 0.125. The summed E-state index contributed by atoms with van der Waals surface area (Å²) in [4.78, 5) is 5.24. The second-order valence-corrected chi connectivity index (χ2v) is 5.96. The quantitative estimate of drug-likeness (QED) is 0.785. The van der Waals surface area contributed by atoms with Gasteiger partial charge in [-0.25, -0.2) is 0 Å². The maximum absolute atomic E-state index is 3.54. The highest BCUT2D eigenvalue weighted by Crippen LogP contribution is 2.18. The third-order valence-corrected chi connectivity index (χ3v) is 4.23. The molecule has 0 amide bonds. The lowest BCUT2D eigenvalue weighted by Gasteiger charge is -2.36. The van der Waals surface area contributed by atoms with Crippen LogP contribution in [0.25, 0.3) is 0 Å². The molecule has 0 radical (unpaired) electrons. The third-order valence-electron chi connectivity index (χ3n) is 4.23. The monoisotopic (exact) mass is 255 g/mol. The van der Waals surface area contributed by atoms with Gasteiger partial charge < -0.3 is 10.2 Å². The molecular weight excluding hydrogens is 222 g/mol. The molecule has 0 aromatic heterocycles. The van der Waals surface area contributed by atoms with E-state index in [9.17, 15) is 0 Å². The van der Waals surface area contributed by atoms with E-state index in [4.69, 9.17) is 0 Å². The topological polar surface area (TPSA) is 18.5 Å². The molecule has 1 fully saturated rings. The Balaban J connectivity index is 2.54. The van der Waals surface area contributed by atoms with Crippen LogP contribution in [-0.4, -0.2) is 61.2 Å². The zero-order valence-corrected chi connectivity index (χ0v) is 13.1. The second kappa shape index (κ2) is 8.13. The van der Waals surface area contributed by atoms with Crippen LogP contribution in [0.5, 0.6) is 0 Å². The van der Waals surface area contributed by atoms with Gasteiger partial charge in [-0.05, 0) is 59.8 Å². The molecule has 1 rings (SSSR count). The minimum atomic E-state index is 0.628. The Bertz CT molecular complexity index is 220. The summed E-state index contributed by atoms with van der Waals surface area (Å²) in [5, 5.41) is 3.54. The normalized spacial score (nSPS) is 26.8. The lowest BCUT2D eigenvalue weighted by atomic mass is 10.0. The van der Waals surface area contributed by atoms with E-state index < -0.39 is 0 Å². The van der Waals surface area contributed by atoms with E-state index in [1.165, 1.54) is 38.9 Å². The van der Waals surface area contributed by atoms with Crippen LogP contribution in [0.15, 0.2) is 0 Å². The summed E-state index contributed by atoms with van der Waals surface area (Å²) in [5.74, 6) is 0. The molecule has 1 aliphatic heterocycles. The van der Waals surface area contributed by atoms with Crippen molar-refractivity contribution in [3.63, 3.8) is 0 Å². The molecule has 0 aromatic rings. The Morgan fingerprint density at radius 1 is 1.22 bits per heavy atom. The number of nitrogens with zero attached hydrogens (tertiary/aromatic N) is 2. The lowest BCUT2D eigenvalue weighted by Crippen LogP contribution is -2.46. The molecule has 1 N–H and O–H groups in total. The highest BCUT2D eigenvalue weighted by molar-refractivity contribution is 4.83. The van der Waals surface area contributed by atoms with Crippen molar-refractivity contribution >= 4 is 0 Å². The van der Waals surface area contributed by atoms with E-state index >= 15 is 0 Å². The number of nitrogens with one attached hydrogen (secondary N) is 1. The first kappa shape index (κ1) is 15.9. The van der Waals surface area contributed by atoms with Crippen LogP contribution in [0.1, 0.15) is 47.0 Å². The van der Waals surface area contributed by atoms with Crippen molar-refractivity contribution in [3.8, 4) is 0 Å². The first-order chi connectivity index (χ1) is 8.58. The van der Waals surface area contributed by atoms with Gasteiger partial charge in [-0.15, -0.1) is 0 Å². The van der Waals surface area contributed by atoms with Crippen molar-refractivity contribution in [2.75, 3.05) is 33.2 Å². The minimum absolute atomic E-state index is 0.628. The van der Waals surface area contributed by atoms with E-state index in [1.54, 1.807) is 0 Å². The first-order valence-corrected chi connectivity index (χ1v) is 7.76. The van der Waals surface area contributed by atoms with Crippen molar-refractivity contribution in [1.29, 1.82) is 0 Å². The van der Waals surface area contributed by atoms with Crippen LogP contribution in [0.3, 0.4) is 0 Å². The van der Waals surface area contributed by atoms with Gasteiger partial charge in [0.1, 0.15) is 0 Å². The number of hydrogen-bond donors (Lipinski definition) is 1. The van der Waals surface area contributed by atoms with E-state index in [0.29, 0.717) is 12.1 Å². The highest BCUT2D eigenvalue weighted by Gasteiger charge is 2.26. The van der Waals surface area contributed by atoms with E-state index in [-0.39, 0.29) is 0 Å². The molecule has 0 saturated carbocycles. The van der Waals surface area contributed by atoms with Crippen LogP contribution >= 0.6 is 0 Å². The van der Waals surface area contributed by atoms with Crippen LogP contribution < -0.4 is 5.32 Å². The molecule has 0 aromatic carbocycles. The SMILES string of the molecule is CCNC(C)CC(C)N1CCCN(C)CC1CC. The van der Waals surface area contributed by atoms with Gasteiger partial charge in [0.15, 0.2) is 0 Å². The Labute approximate surface area is 114 Å². The van der Waals surface area contributed by atoms with Crippen LogP contribution in [0.4, 0.5) is 0 Å². The molecule has 0 spiro atoms. The average Bonchev–Trinajstić information content (AvgIpc) is 2.50. The predicted octanol–water partition coefficient (Wildman–Crippen LogP) is 2.18. The third kappa shape index (κ3) is 4.87. The van der Waals surface area contributed by atoms with Gasteiger partial charge >= 0.3 is 0 Å². The van der Waals surface area contributed by atoms with Crippen molar-refractivity contribution in [2.45, 2.75) is 65.1 Å². The summed E-state index contributed by atoms with van der Waals surface area (Å²) in [6.45, 7) is 14.1. The summed E-state index contributed by atoms with van der Waals surface area (Å²) >= 11 is 0. The fourth-order valence-corrected chi connectivity index (χ4v) is 3.28. The van der Waals surface area contributed by atoms with Gasteiger partial charge in [0.05, 0.1) is 0 Å². The molecule has 18 heavy (non-hydrogen) atoms. The van der Waals surface area contributed by atoms with Gasteiger partial charge in [0, 0.05) is 24.7 Å². The molecule has 0 bridgehead atoms. The average molecular weight is 255 g/mol. The summed E-state index contributed by atoms with van der Waals surface area (Å²) in [5.41, 5.74) is 0. The highest BCUT2D eigenvalue weighted by atomic mass is 15.2. The molecule has 1 heterocycles. The van der Waals surface area contributed by atoms with Gasteiger partial charge in [0.2, 0.25) is 0 Å². The van der Waals surface area contributed by atoms with E-state index in [2.05, 4.69) is 49.9 Å². The molecule has 3 nitrogen and oxygen atoms in total. The molecule has 1 aliphatic rings. The molecule has 108 valence electrons. The number of hydrogen-bond acceptors (Lipinski definition) is 3. The fourth-order valence-electron chi connectivity index (χ4n) is 3.28. The van der Waals surface area contributed by atoms with Gasteiger partial charge in [-0.1, -0.05) is 13.8 Å². The second-order valence-electron chi connectivity index (χ2n) is 5.96. The standard InChI is InChI=1S/C15H33N3/c1-6-15-12-17(5)9-8-10-18(15)14(4)11-13(3)16-7-2/h13-16H,6-12H2,1-5H3. The largest absolute Gasteiger partial charge is 0.314 e. The van der Waals surface area contributed by atoms with Crippen molar-refractivity contribution in [2.24, 2.45) is 0 Å². The van der Waals surface area contributed by atoms with Gasteiger partial charge in [-0.3, -0.25) is 4.90 Å². The van der Waals surface area contributed by atoms with Crippen molar-refractivity contribution < 1.29 is 0 Å². The van der Waals surface area contributed by atoms with Crippen LogP contribution in [0.2, 0.25) is 0 Å². The van der Waals surface area contributed by atoms with Gasteiger partial charge in [0.25, 0.3) is 0 Å². The van der Waals surface area contributed by atoms with Crippen LogP contribution in [0, 0.1) is 0 Å². The maximum Gasteiger partial charge on any atom is 0.0223 e. The number of likely N-dealkylation sites (N-methyl/N-ethyl adjacent to an activating group) is 1. The zero-order valence-electron chi connectivity index (χ0n) is 13.1. The Morgan fingerprint density at radius 3 is 2.56 bits per heavy atom. The summed E-state index contributed by atoms with van der Waals surface area (Å²) in [7, 11) is 2.26. The molecule has 3 heteroatoms. The number of rotatable bonds is 6. The Kier molecular flexibility index (Phi) is 7.20.